The zero-order valence-electron chi connectivity index (χ0n) is 11.0. The van der Waals surface area contributed by atoms with Crippen LogP contribution in [-0.4, -0.2) is 42.7 Å². The smallest absolute Gasteiger partial charge is 0.234 e. The van der Waals surface area contributed by atoms with Gasteiger partial charge in [-0.2, -0.15) is 0 Å². The monoisotopic (exact) mass is 262 g/mol. The molecule has 0 unspecified atom stereocenters. The van der Waals surface area contributed by atoms with E-state index in [1.807, 2.05) is 0 Å². The topological polar surface area (TPSA) is 49.4 Å². The number of amides is 2. The maximum absolute atomic E-state index is 11.6. The van der Waals surface area contributed by atoms with E-state index in [-0.39, 0.29) is 17.7 Å². The van der Waals surface area contributed by atoms with Gasteiger partial charge in [-0.1, -0.05) is 13.8 Å². The van der Waals surface area contributed by atoms with E-state index in [0.29, 0.717) is 18.9 Å². The third-order valence-electron chi connectivity index (χ3n) is 2.48. The second kappa shape index (κ2) is 9.28. The van der Waals surface area contributed by atoms with Gasteiger partial charge in [0.2, 0.25) is 11.8 Å². The van der Waals surface area contributed by atoms with E-state index in [4.69, 9.17) is 11.6 Å². The molecule has 2 amide bonds. The molecule has 0 bridgehead atoms. The second-order valence-corrected chi connectivity index (χ2v) is 4.85. The quantitative estimate of drug-likeness (QED) is 0.676. The Bertz CT molecular complexity index is 245. The highest BCUT2D eigenvalue weighted by Crippen LogP contribution is 2.04. The van der Waals surface area contributed by atoms with Crippen molar-refractivity contribution in [2.45, 2.75) is 33.1 Å². The van der Waals surface area contributed by atoms with Crippen molar-refractivity contribution in [2.75, 3.05) is 26.0 Å². The first-order chi connectivity index (χ1) is 7.97. The van der Waals surface area contributed by atoms with E-state index in [2.05, 4.69) is 19.2 Å². The lowest BCUT2D eigenvalue weighted by molar-refractivity contribution is -0.130. The summed E-state index contributed by atoms with van der Waals surface area (Å²) in [7, 11) is 1.80. The minimum atomic E-state index is -0.234. The molecule has 0 aromatic heterocycles. The predicted octanol–water partition coefficient (Wildman–Crippen LogP) is 1.63. The minimum Gasteiger partial charge on any atom is -0.355 e. The molecule has 0 radical (unpaired) electrons. The van der Waals surface area contributed by atoms with Crippen LogP contribution < -0.4 is 5.32 Å². The van der Waals surface area contributed by atoms with Gasteiger partial charge in [-0.15, -0.1) is 11.6 Å². The third kappa shape index (κ3) is 8.98. The van der Waals surface area contributed by atoms with E-state index in [1.54, 1.807) is 11.9 Å². The molecular formula is C12H23ClN2O2. The Morgan fingerprint density at radius 1 is 1.35 bits per heavy atom. The first-order valence-electron chi connectivity index (χ1n) is 6.04. The Morgan fingerprint density at radius 3 is 2.53 bits per heavy atom. The molecular weight excluding hydrogens is 240 g/mol. The maximum Gasteiger partial charge on any atom is 0.234 e. The zero-order valence-corrected chi connectivity index (χ0v) is 11.7. The van der Waals surface area contributed by atoms with Crippen molar-refractivity contribution in [3.63, 3.8) is 0 Å². The van der Waals surface area contributed by atoms with Crippen LogP contribution in [0.15, 0.2) is 0 Å². The van der Waals surface area contributed by atoms with Gasteiger partial charge < -0.3 is 10.2 Å². The summed E-state index contributed by atoms with van der Waals surface area (Å²) in [6.07, 6.45) is 2.48. The van der Waals surface area contributed by atoms with Gasteiger partial charge in [0.1, 0.15) is 5.88 Å². The Hall–Kier alpha value is -0.770. The summed E-state index contributed by atoms with van der Waals surface area (Å²) in [5, 5.41) is 2.57. The van der Waals surface area contributed by atoms with E-state index < -0.39 is 0 Å². The fraction of sp³-hybridized carbons (Fsp3) is 0.833. The van der Waals surface area contributed by atoms with Gasteiger partial charge in [0.25, 0.3) is 0 Å². The summed E-state index contributed by atoms with van der Waals surface area (Å²) in [4.78, 5) is 24.2. The second-order valence-electron chi connectivity index (χ2n) is 4.58. The van der Waals surface area contributed by atoms with Gasteiger partial charge in [-0.05, 0) is 18.8 Å². The average Bonchev–Trinajstić information content (AvgIpc) is 2.27. The number of alkyl halides is 1. The molecule has 0 aliphatic rings. The van der Waals surface area contributed by atoms with Crippen molar-refractivity contribution in [2.24, 2.45) is 5.92 Å². The zero-order chi connectivity index (χ0) is 13.3. The predicted molar refractivity (Wildman–Crippen MR) is 70.1 cm³/mol. The van der Waals surface area contributed by atoms with Crippen LogP contribution in [0.5, 0.6) is 0 Å². The molecule has 0 atom stereocenters. The van der Waals surface area contributed by atoms with E-state index in [9.17, 15) is 9.59 Å². The van der Waals surface area contributed by atoms with Crippen LogP contribution in [0, 0.1) is 5.92 Å². The largest absolute Gasteiger partial charge is 0.355 e. The lowest BCUT2D eigenvalue weighted by atomic mass is 10.1. The Kier molecular flexibility index (Phi) is 8.86. The van der Waals surface area contributed by atoms with Crippen LogP contribution in [0.4, 0.5) is 0 Å². The minimum absolute atomic E-state index is 0.0571. The fourth-order valence-electron chi connectivity index (χ4n) is 1.41. The van der Waals surface area contributed by atoms with Crippen molar-refractivity contribution in [3.05, 3.63) is 0 Å². The Morgan fingerprint density at radius 2 is 2.00 bits per heavy atom. The van der Waals surface area contributed by atoms with Gasteiger partial charge in [0.15, 0.2) is 0 Å². The van der Waals surface area contributed by atoms with Gasteiger partial charge >= 0.3 is 0 Å². The summed E-state index contributed by atoms with van der Waals surface area (Å²) < 4.78 is 0. The van der Waals surface area contributed by atoms with Crippen molar-refractivity contribution in [3.8, 4) is 0 Å². The molecule has 100 valence electrons. The Balaban J connectivity index is 3.64. The van der Waals surface area contributed by atoms with Crippen molar-refractivity contribution in [1.82, 2.24) is 10.2 Å². The molecule has 1 N–H and O–H groups in total. The number of nitrogens with zero attached hydrogens (tertiary/aromatic N) is 1. The van der Waals surface area contributed by atoms with Gasteiger partial charge in [0, 0.05) is 26.6 Å². The van der Waals surface area contributed by atoms with Gasteiger partial charge in [-0.25, -0.2) is 0 Å². The molecule has 0 rings (SSSR count). The highest BCUT2D eigenvalue weighted by atomic mass is 35.5. The van der Waals surface area contributed by atoms with E-state index >= 15 is 0 Å². The Labute approximate surface area is 109 Å². The number of rotatable bonds is 8. The summed E-state index contributed by atoms with van der Waals surface area (Å²) in [5.41, 5.74) is 0. The molecule has 0 fully saturated rings. The molecule has 0 aromatic rings. The molecule has 0 aromatic carbocycles. The number of hydrogen-bond donors (Lipinski definition) is 1. The van der Waals surface area contributed by atoms with Crippen LogP contribution in [0.2, 0.25) is 0 Å². The van der Waals surface area contributed by atoms with Crippen LogP contribution >= 0.6 is 11.6 Å². The lowest BCUT2D eigenvalue weighted by Crippen LogP contribution is -2.33. The molecule has 0 saturated carbocycles. The first kappa shape index (κ1) is 16.2. The molecule has 0 saturated heterocycles. The first-order valence-corrected chi connectivity index (χ1v) is 6.57. The highest BCUT2D eigenvalue weighted by molar-refractivity contribution is 6.27. The molecule has 0 aliphatic heterocycles. The third-order valence-corrected chi connectivity index (χ3v) is 2.73. The molecule has 5 heteroatoms. The van der Waals surface area contributed by atoms with Gasteiger partial charge in [0.05, 0.1) is 0 Å². The lowest BCUT2D eigenvalue weighted by Gasteiger charge is -2.17. The molecule has 0 aliphatic carbocycles. The van der Waals surface area contributed by atoms with Crippen molar-refractivity contribution >= 4 is 23.4 Å². The summed E-state index contributed by atoms with van der Waals surface area (Å²) in [5.74, 6) is 0.436. The normalized spacial score (nSPS) is 10.4. The highest BCUT2D eigenvalue weighted by Gasteiger charge is 2.08. The number of carbonyl (C=O) groups is 2. The summed E-state index contributed by atoms with van der Waals surface area (Å²) in [6, 6.07) is 0. The van der Waals surface area contributed by atoms with Crippen molar-refractivity contribution < 1.29 is 9.59 Å². The number of carbonyl (C=O) groups excluding carboxylic acids is 2. The van der Waals surface area contributed by atoms with Gasteiger partial charge in [-0.3, -0.25) is 9.59 Å². The molecule has 17 heavy (non-hydrogen) atoms. The maximum atomic E-state index is 11.6. The summed E-state index contributed by atoms with van der Waals surface area (Å²) >= 11 is 5.32. The molecule has 4 nitrogen and oxygen atoms in total. The summed E-state index contributed by atoms with van der Waals surface area (Å²) in [6.45, 7) is 5.48. The van der Waals surface area contributed by atoms with Crippen LogP contribution in [-0.2, 0) is 9.59 Å². The van der Waals surface area contributed by atoms with E-state index in [1.165, 1.54) is 0 Å². The SMILES string of the molecule is CC(C)CCCN(C)C(=O)CCNC(=O)CCl. The van der Waals surface area contributed by atoms with Crippen LogP contribution in [0.3, 0.4) is 0 Å². The molecule has 0 heterocycles. The average molecular weight is 263 g/mol. The van der Waals surface area contributed by atoms with Crippen LogP contribution in [0.1, 0.15) is 33.1 Å². The van der Waals surface area contributed by atoms with Crippen molar-refractivity contribution in [1.29, 1.82) is 0 Å². The fourth-order valence-corrected chi connectivity index (χ4v) is 1.50. The molecule has 0 spiro atoms. The number of hydrogen-bond acceptors (Lipinski definition) is 2. The standard InChI is InChI=1S/C12H23ClN2O2/c1-10(2)5-4-8-15(3)12(17)6-7-14-11(16)9-13/h10H,4-9H2,1-3H3,(H,14,16). The van der Waals surface area contributed by atoms with Crippen LogP contribution in [0.25, 0.3) is 0 Å². The van der Waals surface area contributed by atoms with E-state index in [0.717, 1.165) is 19.4 Å². The number of nitrogens with one attached hydrogen (secondary N) is 1. The number of halogens is 1.